The lowest BCUT2D eigenvalue weighted by Gasteiger charge is -2.43. The van der Waals surface area contributed by atoms with Crippen LogP contribution in [0.25, 0.3) is 0 Å². The van der Waals surface area contributed by atoms with Crippen LogP contribution in [0.3, 0.4) is 0 Å². The van der Waals surface area contributed by atoms with E-state index >= 15 is 0 Å². The monoisotopic (exact) mass is 291 g/mol. The van der Waals surface area contributed by atoms with Crippen molar-refractivity contribution in [1.29, 1.82) is 0 Å². The van der Waals surface area contributed by atoms with E-state index in [1.807, 2.05) is 6.92 Å². The maximum Gasteiger partial charge on any atom is 0.153 e. The van der Waals surface area contributed by atoms with Crippen molar-refractivity contribution in [3.63, 3.8) is 0 Å². The van der Waals surface area contributed by atoms with E-state index in [1.165, 1.54) is 0 Å². The van der Waals surface area contributed by atoms with Gasteiger partial charge >= 0.3 is 0 Å². The van der Waals surface area contributed by atoms with E-state index in [0.29, 0.717) is 39.2 Å². The van der Waals surface area contributed by atoms with Gasteiger partial charge in [-0.3, -0.25) is 0 Å². The molecule has 0 amide bonds. The van der Waals surface area contributed by atoms with Gasteiger partial charge in [0.25, 0.3) is 0 Å². The third-order valence-electron chi connectivity index (χ3n) is 4.28. The Morgan fingerprint density at radius 1 is 1.32 bits per heavy atom. The van der Waals surface area contributed by atoms with Gasteiger partial charge in [0.2, 0.25) is 0 Å². The topological polar surface area (TPSA) is 78.6 Å². The molecule has 6 heteroatoms. The van der Waals surface area contributed by atoms with Crippen LogP contribution in [0.5, 0.6) is 0 Å². The summed E-state index contributed by atoms with van der Waals surface area (Å²) in [5.41, 5.74) is 5.28. The minimum absolute atomic E-state index is 0.0264. The summed E-state index contributed by atoms with van der Waals surface area (Å²) in [6, 6.07) is 0. The lowest BCUT2D eigenvalue weighted by molar-refractivity contribution is -0.132. The molecule has 2 aliphatic heterocycles. The summed E-state index contributed by atoms with van der Waals surface area (Å²) >= 11 is 0. The first kappa shape index (κ1) is 15.2. The van der Waals surface area contributed by atoms with E-state index in [1.54, 1.807) is 0 Å². The Kier molecular flexibility index (Phi) is 4.87. The summed E-state index contributed by atoms with van der Waals surface area (Å²) in [6.45, 7) is 4.20. The van der Waals surface area contributed by atoms with Gasteiger partial charge in [-0.2, -0.15) is 0 Å². The summed E-state index contributed by atoms with van der Waals surface area (Å²) in [6.07, 6.45) is 2.86. The highest BCUT2D eigenvalue weighted by atomic mass is 32.2. The minimum atomic E-state index is -3.07. The Hall–Kier alpha value is -0.170. The van der Waals surface area contributed by atoms with Crippen LogP contribution in [0.15, 0.2) is 0 Å². The van der Waals surface area contributed by atoms with Gasteiger partial charge in [0.1, 0.15) is 0 Å². The molecule has 2 heterocycles. The van der Waals surface area contributed by atoms with Gasteiger partial charge in [-0.05, 0) is 38.1 Å². The van der Waals surface area contributed by atoms with Crippen molar-refractivity contribution in [3.8, 4) is 0 Å². The molecule has 2 rings (SSSR count). The van der Waals surface area contributed by atoms with Crippen LogP contribution >= 0.6 is 0 Å². The van der Waals surface area contributed by atoms with Crippen LogP contribution < -0.4 is 5.73 Å². The average Bonchev–Trinajstić information content (AvgIpc) is 2.39. The Morgan fingerprint density at radius 2 is 2.00 bits per heavy atom. The predicted molar refractivity (Wildman–Crippen MR) is 73.8 cm³/mol. The number of sulfone groups is 1. The van der Waals surface area contributed by atoms with Gasteiger partial charge in [-0.25, -0.2) is 8.42 Å². The average molecular weight is 291 g/mol. The highest BCUT2D eigenvalue weighted by Gasteiger charge is 2.43. The second-order valence-corrected chi connectivity index (χ2v) is 8.25. The largest absolute Gasteiger partial charge is 0.381 e. The quantitative estimate of drug-likeness (QED) is 0.826. The van der Waals surface area contributed by atoms with E-state index in [4.69, 9.17) is 15.2 Å². The number of nitrogens with two attached hydrogens (primary N) is 1. The third-order valence-corrected chi connectivity index (χ3v) is 6.73. The first-order chi connectivity index (χ1) is 8.97. The first-order valence-corrected chi connectivity index (χ1v) is 8.82. The van der Waals surface area contributed by atoms with Crippen LogP contribution in [0.1, 0.15) is 32.6 Å². The molecule has 0 saturated carbocycles. The van der Waals surface area contributed by atoms with Gasteiger partial charge in [0.05, 0.1) is 16.6 Å². The third kappa shape index (κ3) is 3.68. The molecule has 0 aliphatic carbocycles. The zero-order chi connectivity index (χ0) is 13.9. The van der Waals surface area contributed by atoms with Crippen molar-refractivity contribution in [3.05, 3.63) is 0 Å². The standard InChI is InChI=1S/C13H25NO4S/c1-11(9-14)10-19(15,16)12-2-5-18-13(8-12)3-6-17-7-4-13/h11-12H,2-10,14H2,1H3. The summed E-state index contributed by atoms with van der Waals surface area (Å²) in [4.78, 5) is 0. The van der Waals surface area contributed by atoms with Gasteiger partial charge < -0.3 is 15.2 Å². The molecule has 1 spiro atoms. The highest BCUT2D eigenvalue weighted by Crippen LogP contribution is 2.37. The van der Waals surface area contributed by atoms with Gasteiger partial charge in [0.15, 0.2) is 9.84 Å². The Bertz CT molecular complexity index is 384. The summed E-state index contributed by atoms with van der Waals surface area (Å²) in [5, 5.41) is -0.270. The van der Waals surface area contributed by atoms with Gasteiger partial charge in [0, 0.05) is 19.8 Å². The molecule has 2 atom stereocenters. The second kappa shape index (κ2) is 6.08. The van der Waals surface area contributed by atoms with Gasteiger partial charge in [-0.15, -0.1) is 0 Å². The number of rotatable bonds is 4. The fourth-order valence-corrected chi connectivity index (χ4v) is 5.20. The molecule has 0 bridgehead atoms. The molecular weight excluding hydrogens is 266 g/mol. The van der Waals surface area contributed by atoms with E-state index in [2.05, 4.69) is 0 Å². The minimum Gasteiger partial charge on any atom is -0.381 e. The lowest BCUT2D eigenvalue weighted by Crippen LogP contribution is -2.48. The van der Waals surface area contributed by atoms with E-state index < -0.39 is 9.84 Å². The van der Waals surface area contributed by atoms with Crippen molar-refractivity contribution >= 4 is 9.84 Å². The second-order valence-electron chi connectivity index (χ2n) is 5.93. The number of ether oxygens (including phenoxy) is 2. The molecule has 2 fully saturated rings. The maximum absolute atomic E-state index is 12.4. The van der Waals surface area contributed by atoms with Crippen molar-refractivity contribution in [2.75, 3.05) is 32.1 Å². The molecule has 5 nitrogen and oxygen atoms in total. The molecule has 0 aromatic heterocycles. The Morgan fingerprint density at radius 3 is 2.63 bits per heavy atom. The van der Waals surface area contributed by atoms with Crippen molar-refractivity contribution in [2.45, 2.75) is 43.5 Å². The maximum atomic E-state index is 12.4. The van der Waals surface area contributed by atoms with Crippen molar-refractivity contribution in [2.24, 2.45) is 11.7 Å². The smallest absolute Gasteiger partial charge is 0.153 e. The molecule has 0 radical (unpaired) electrons. The first-order valence-electron chi connectivity index (χ1n) is 7.11. The van der Waals surface area contributed by atoms with Crippen LogP contribution in [0.4, 0.5) is 0 Å². The van der Waals surface area contributed by atoms with Gasteiger partial charge in [-0.1, -0.05) is 6.92 Å². The SMILES string of the molecule is CC(CN)CS(=O)(=O)C1CCOC2(CCOCC2)C1. The molecule has 0 aromatic rings. The molecule has 2 N–H and O–H groups in total. The molecule has 0 aromatic carbocycles. The fraction of sp³-hybridized carbons (Fsp3) is 1.00. The van der Waals surface area contributed by atoms with Crippen LogP contribution in [-0.4, -0.2) is 51.4 Å². The highest BCUT2D eigenvalue weighted by molar-refractivity contribution is 7.92. The predicted octanol–water partition coefficient (Wildman–Crippen LogP) is 0.724. The molecule has 2 unspecified atom stereocenters. The summed E-state index contributed by atoms with van der Waals surface area (Å²) < 4.78 is 36.1. The molecule has 2 saturated heterocycles. The Labute approximate surface area is 115 Å². The zero-order valence-electron chi connectivity index (χ0n) is 11.6. The molecular formula is C13H25NO4S. The lowest BCUT2D eigenvalue weighted by atomic mass is 9.86. The van der Waals surface area contributed by atoms with E-state index in [9.17, 15) is 8.42 Å². The Balaban J connectivity index is 2.04. The number of hydrogen-bond acceptors (Lipinski definition) is 5. The molecule has 19 heavy (non-hydrogen) atoms. The molecule has 2 aliphatic rings. The summed E-state index contributed by atoms with van der Waals surface area (Å²) in [5.74, 6) is 0.222. The van der Waals surface area contributed by atoms with Crippen LogP contribution in [-0.2, 0) is 19.3 Å². The van der Waals surface area contributed by atoms with Crippen molar-refractivity contribution < 1.29 is 17.9 Å². The molecule has 112 valence electrons. The summed E-state index contributed by atoms with van der Waals surface area (Å²) in [7, 11) is -3.07. The van der Waals surface area contributed by atoms with Crippen LogP contribution in [0, 0.1) is 5.92 Å². The number of hydrogen-bond donors (Lipinski definition) is 1. The van der Waals surface area contributed by atoms with Crippen LogP contribution in [0.2, 0.25) is 0 Å². The van der Waals surface area contributed by atoms with E-state index in [0.717, 1.165) is 12.8 Å². The zero-order valence-corrected chi connectivity index (χ0v) is 12.5. The van der Waals surface area contributed by atoms with E-state index in [-0.39, 0.29) is 22.5 Å². The van der Waals surface area contributed by atoms with Crippen molar-refractivity contribution in [1.82, 2.24) is 0 Å². The fourth-order valence-electron chi connectivity index (χ4n) is 2.98. The normalized spacial score (nSPS) is 29.3.